The van der Waals surface area contributed by atoms with Gasteiger partial charge in [0, 0.05) is 6.07 Å². The molecule has 0 heterocycles. The molecule has 0 aliphatic carbocycles. The zero-order valence-electron chi connectivity index (χ0n) is 16.1. The maximum absolute atomic E-state index is 13.3. The van der Waals surface area contributed by atoms with E-state index in [1.54, 1.807) is 0 Å². The van der Waals surface area contributed by atoms with E-state index >= 15 is 0 Å². The Hall–Kier alpha value is -2.57. The van der Waals surface area contributed by atoms with Gasteiger partial charge in [-0.15, -0.1) is 0 Å². The average Bonchev–Trinajstić information content (AvgIpc) is 2.68. The van der Waals surface area contributed by atoms with Crippen LogP contribution in [0.5, 0.6) is 5.75 Å². The number of nitrogens with two attached hydrogens (primary N) is 1. The van der Waals surface area contributed by atoms with Crippen LogP contribution in [0.25, 0.3) is 0 Å². The largest absolute Gasteiger partial charge is 0.483 e. The van der Waals surface area contributed by atoms with Gasteiger partial charge >= 0.3 is 18.2 Å². The van der Waals surface area contributed by atoms with Gasteiger partial charge in [-0.1, -0.05) is 36.0 Å². The predicted molar refractivity (Wildman–Crippen MR) is 115 cm³/mol. The SMILES string of the molecule is CCOC(=O)c1cc(N(S)C(=O)Nc2c(Cl)cc(F)cc2Cl)c(N)cc1OCC(F)(F)F. The summed E-state index contributed by atoms with van der Waals surface area (Å²) in [5.74, 6) is -2.26. The minimum atomic E-state index is -4.68. The fourth-order valence-corrected chi connectivity index (χ4v) is 3.12. The van der Waals surface area contributed by atoms with Crippen molar-refractivity contribution in [3.8, 4) is 5.75 Å². The number of anilines is 3. The molecule has 0 aliphatic rings. The zero-order chi connectivity index (χ0) is 24.2. The number of hydrogen-bond acceptors (Lipinski definition) is 6. The number of alkyl halides is 3. The molecule has 14 heteroatoms. The Morgan fingerprint density at radius 3 is 2.31 bits per heavy atom. The molecule has 0 bridgehead atoms. The third kappa shape index (κ3) is 6.47. The van der Waals surface area contributed by atoms with E-state index in [2.05, 4.69) is 22.9 Å². The molecule has 0 saturated carbocycles. The highest BCUT2D eigenvalue weighted by Gasteiger charge is 2.30. The third-order valence-electron chi connectivity index (χ3n) is 3.67. The number of esters is 1. The standard InChI is InChI=1S/C18H15Cl2F4N3O4S/c1-2-30-16(28)9-5-13(12(25)6-14(9)31-7-18(22,23)24)27(32)17(29)26-15-10(19)3-8(21)4-11(15)20/h3-6,32H,2,7,25H2,1H3,(H,26,29). The molecular weight excluding hydrogens is 501 g/mol. The van der Waals surface area contributed by atoms with Crippen LogP contribution in [0.15, 0.2) is 24.3 Å². The number of rotatable bonds is 6. The summed E-state index contributed by atoms with van der Waals surface area (Å²) in [6, 6.07) is 2.73. The molecule has 3 N–H and O–H groups in total. The summed E-state index contributed by atoms with van der Waals surface area (Å²) < 4.78 is 61.1. The third-order valence-corrected chi connectivity index (χ3v) is 4.67. The Labute approximate surface area is 194 Å². The fraction of sp³-hybridized carbons (Fsp3) is 0.222. The molecule has 0 atom stereocenters. The van der Waals surface area contributed by atoms with Gasteiger partial charge in [0.1, 0.15) is 17.1 Å². The summed E-state index contributed by atoms with van der Waals surface area (Å²) >= 11 is 15.8. The van der Waals surface area contributed by atoms with Gasteiger partial charge < -0.3 is 20.5 Å². The van der Waals surface area contributed by atoms with Crippen molar-refractivity contribution in [2.24, 2.45) is 0 Å². The van der Waals surface area contributed by atoms with E-state index in [0.29, 0.717) is 4.31 Å². The first-order valence-corrected chi connectivity index (χ1v) is 9.74. The van der Waals surface area contributed by atoms with Gasteiger partial charge in [-0.05, 0) is 25.1 Å². The Balaban J connectivity index is 2.39. The fourth-order valence-electron chi connectivity index (χ4n) is 2.35. The summed E-state index contributed by atoms with van der Waals surface area (Å²) in [5, 5.41) is 1.88. The molecule has 32 heavy (non-hydrogen) atoms. The van der Waals surface area contributed by atoms with Crippen molar-refractivity contribution in [1.29, 1.82) is 0 Å². The Morgan fingerprint density at radius 2 is 1.78 bits per heavy atom. The maximum Gasteiger partial charge on any atom is 0.422 e. The van der Waals surface area contributed by atoms with Gasteiger partial charge in [0.05, 0.1) is 33.7 Å². The van der Waals surface area contributed by atoms with Crippen molar-refractivity contribution >= 4 is 65.1 Å². The van der Waals surface area contributed by atoms with E-state index in [1.807, 2.05) is 0 Å². The van der Waals surface area contributed by atoms with Gasteiger partial charge in [-0.25, -0.2) is 18.3 Å². The van der Waals surface area contributed by atoms with Gasteiger partial charge in [0.15, 0.2) is 6.61 Å². The Kier molecular flexibility index (Phi) is 8.32. The Bertz CT molecular complexity index is 1020. The molecule has 7 nitrogen and oxygen atoms in total. The van der Waals surface area contributed by atoms with Crippen molar-refractivity contribution in [3.63, 3.8) is 0 Å². The second-order valence-corrected chi connectivity index (χ2v) is 7.23. The molecule has 2 amide bonds. The van der Waals surface area contributed by atoms with Crippen LogP contribution in [0.1, 0.15) is 17.3 Å². The lowest BCUT2D eigenvalue weighted by Gasteiger charge is -2.21. The summed E-state index contributed by atoms with van der Waals surface area (Å²) in [4.78, 5) is 24.8. The smallest absolute Gasteiger partial charge is 0.422 e. The van der Waals surface area contributed by atoms with Crippen molar-refractivity contribution in [1.82, 2.24) is 0 Å². The maximum atomic E-state index is 13.3. The molecule has 0 saturated heterocycles. The first kappa shape index (κ1) is 25.7. The van der Waals surface area contributed by atoms with E-state index in [4.69, 9.17) is 33.7 Å². The van der Waals surface area contributed by atoms with E-state index in [0.717, 1.165) is 24.3 Å². The molecule has 0 spiro atoms. The first-order valence-electron chi connectivity index (χ1n) is 8.58. The number of nitrogen functional groups attached to an aromatic ring is 1. The number of nitrogens with zero attached hydrogens (tertiary/aromatic N) is 1. The van der Waals surface area contributed by atoms with Crippen LogP contribution in [-0.4, -0.2) is 31.4 Å². The molecule has 0 aliphatic heterocycles. The van der Waals surface area contributed by atoms with Crippen LogP contribution < -0.4 is 20.1 Å². The van der Waals surface area contributed by atoms with E-state index in [9.17, 15) is 27.2 Å². The zero-order valence-corrected chi connectivity index (χ0v) is 18.5. The van der Waals surface area contributed by atoms with E-state index in [1.165, 1.54) is 6.92 Å². The van der Waals surface area contributed by atoms with E-state index in [-0.39, 0.29) is 33.7 Å². The summed E-state index contributed by atoms with van der Waals surface area (Å²) in [6.07, 6.45) is -4.68. The normalized spacial score (nSPS) is 11.1. The number of hydrogen-bond donors (Lipinski definition) is 3. The van der Waals surface area contributed by atoms with Crippen molar-refractivity contribution in [2.45, 2.75) is 13.1 Å². The predicted octanol–water partition coefficient (Wildman–Crippen LogP) is 5.72. The number of amides is 2. The lowest BCUT2D eigenvalue weighted by Crippen LogP contribution is -2.28. The monoisotopic (exact) mass is 515 g/mol. The van der Waals surface area contributed by atoms with Crippen LogP contribution in [0.3, 0.4) is 0 Å². The number of benzene rings is 2. The minimum absolute atomic E-state index is 0.0795. The summed E-state index contributed by atoms with van der Waals surface area (Å²) in [6.45, 7) is -0.282. The Morgan fingerprint density at radius 1 is 1.19 bits per heavy atom. The molecule has 2 aromatic rings. The van der Waals surface area contributed by atoms with Crippen LogP contribution in [-0.2, 0) is 4.74 Å². The molecule has 2 rings (SSSR count). The van der Waals surface area contributed by atoms with E-state index < -0.39 is 41.9 Å². The van der Waals surface area contributed by atoms with Crippen molar-refractivity contribution in [2.75, 3.05) is 28.6 Å². The van der Waals surface area contributed by atoms with Crippen LogP contribution in [0.4, 0.5) is 39.4 Å². The molecule has 174 valence electrons. The number of urea groups is 1. The van der Waals surface area contributed by atoms with Crippen LogP contribution in [0.2, 0.25) is 10.0 Å². The topological polar surface area (TPSA) is 93.9 Å². The number of thiol groups is 1. The van der Waals surface area contributed by atoms with Gasteiger partial charge in [-0.3, -0.25) is 0 Å². The second-order valence-electron chi connectivity index (χ2n) is 6.02. The van der Waals surface area contributed by atoms with Gasteiger partial charge in [0.2, 0.25) is 0 Å². The second kappa shape index (κ2) is 10.4. The highest BCUT2D eigenvalue weighted by atomic mass is 35.5. The lowest BCUT2D eigenvalue weighted by molar-refractivity contribution is -0.153. The highest BCUT2D eigenvalue weighted by Crippen LogP contribution is 2.36. The molecule has 0 fully saturated rings. The van der Waals surface area contributed by atoms with Crippen LogP contribution >= 0.6 is 36.0 Å². The lowest BCUT2D eigenvalue weighted by atomic mass is 10.1. The number of ether oxygens (including phenoxy) is 2. The number of carbonyl (C=O) groups excluding carboxylic acids is 2. The first-order chi connectivity index (χ1) is 14.8. The van der Waals surface area contributed by atoms with Crippen LogP contribution in [0, 0.1) is 5.82 Å². The van der Waals surface area contributed by atoms with Crippen molar-refractivity contribution < 1.29 is 36.6 Å². The number of carbonyl (C=O) groups is 2. The summed E-state index contributed by atoms with van der Waals surface area (Å²) in [5.41, 5.74) is 4.83. The van der Waals surface area contributed by atoms with Gasteiger partial charge in [-0.2, -0.15) is 13.2 Å². The molecule has 0 aromatic heterocycles. The molecule has 2 aromatic carbocycles. The average molecular weight is 516 g/mol. The molecule has 0 radical (unpaired) electrons. The number of halogens is 6. The minimum Gasteiger partial charge on any atom is -0.483 e. The molecular formula is C18H15Cl2F4N3O4S. The quantitative estimate of drug-likeness (QED) is 0.198. The number of nitrogens with one attached hydrogen (secondary N) is 1. The molecule has 0 unspecified atom stereocenters. The highest BCUT2D eigenvalue weighted by molar-refractivity contribution is 7.82. The van der Waals surface area contributed by atoms with Crippen molar-refractivity contribution in [3.05, 3.63) is 45.7 Å². The van der Waals surface area contributed by atoms with Gasteiger partial charge in [0.25, 0.3) is 0 Å². The summed E-state index contributed by atoms with van der Waals surface area (Å²) in [7, 11) is 0.